The molecule has 1 aromatic rings. The minimum absolute atomic E-state index is 0.0414. The van der Waals surface area contributed by atoms with E-state index in [1.165, 1.54) is 4.88 Å². The molecule has 112 valence electrons. The molecule has 2 atom stereocenters. The second kappa shape index (κ2) is 5.84. The maximum absolute atomic E-state index is 12.6. The van der Waals surface area contributed by atoms with Crippen LogP contribution in [0, 0.1) is 0 Å². The lowest BCUT2D eigenvalue weighted by Crippen LogP contribution is -2.51. The Hall–Kier alpha value is -0.910. The smallest absolute Gasteiger partial charge is 0.264 e. The molecular formula is C15H23NO3S. The summed E-state index contributed by atoms with van der Waals surface area (Å²) in [5.41, 5.74) is 0.0630. The van der Waals surface area contributed by atoms with Crippen LogP contribution in [-0.4, -0.2) is 47.8 Å². The van der Waals surface area contributed by atoms with Gasteiger partial charge in [0.1, 0.15) is 0 Å². The highest BCUT2D eigenvalue weighted by Gasteiger charge is 2.31. The van der Waals surface area contributed by atoms with Gasteiger partial charge in [-0.05, 0) is 24.5 Å². The van der Waals surface area contributed by atoms with E-state index in [1.807, 2.05) is 24.0 Å². The molecule has 20 heavy (non-hydrogen) atoms. The Kier molecular flexibility index (Phi) is 4.52. The van der Waals surface area contributed by atoms with E-state index in [2.05, 4.69) is 20.8 Å². The second-order valence-corrected chi connectivity index (χ2v) is 7.44. The number of rotatable bonds is 2. The molecule has 2 unspecified atom stereocenters. The van der Waals surface area contributed by atoms with Gasteiger partial charge in [-0.2, -0.15) is 0 Å². The van der Waals surface area contributed by atoms with Crippen molar-refractivity contribution >= 4 is 17.2 Å². The van der Waals surface area contributed by atoms with Crippen LogP contribution in [0.4, 0.5) is 0 Å². The Labute approximate surface area is 124 Å². The molecule has 0 spiro atoms. The summed E-state index contributed by atoms with van der Waals surface area (Å²) in [5, 5.41) is 9.20. The first kappa shape index (κ1) is 15.5. The molecule has 1 N–H and O–H groups in total. The van der Waals surface area contributed by atoms with Crippen LogP contribution in [0.15, 0.2) is 12.1 Å². The lowest BCUT2D eigenvalue weighted by molar-refractivity contribution is -0.0666. The van der Waals surface area contributed by atoms with Gasteiger partial charge < -0.3 is 14.7 Å². The van der Waals surface area contributed by atoms with Crippen molar-refractivity contribution in [3.05, 3.63) is 21.9 Å². The lowest BCUT2D eigenvalue weighted by Gasteiger charge is -2.37. The third-order valence-corrected chi connectivity index (χ3v) is 5.02. The van der Waals surface area contributed by atoms with E-state index in [0.717, 1.165) is 4.88 Å². The van der Waals surface area contributed by atoms with Gasteiger partial charge in [-0.25, -0.2) is 0 Å². The summed E-state index contributed by atoms with van der Waals surface area (Å²) in [5.74, 6) is 0.0414. The van der Waals surface area contributed by atoms with Crippen LogP contribution in [0.25, 0.3) is 0 Å². The van der Waals surface area contributed by atoms with Gasteiger partial charge in [-0.1, -0.05) is 20.8 Å². The molecule has 2 rings (SSSR count). The maximum atomic E-state index is 12.6. The highest BCUT2D eigenvalue weighted by molar-refractivity contribution is 7.14. The van der Waals surface area contributed by atoms with Crippen LogP contribution in [0.3, 0.4) is 0 Å². The topological polar surface area (TPSA) is 49.8 Å². The van der Waals surface area contributed by atoms with Crippen molar-refractivity contribution in [3.63, 3.8) is 0 Å². The number of carbonyl (C=O) groups excluding carboxylic acids is 1. The van der Waals surface area contributed by atoms with Crippen LogP contribution in [-0.2, 0) is 10.2 Å². The highest BCUT2D eigenvalue weighted by atomic mass is 32.1. The number of ether oxygens (including phenoxy) is 1. The predicted octanol–water partition coefficient (Wildman–Crippen LogP) is 2.27. The number of aliphatic hydroxyl groups excluding tert-OH is 1. The van der Waals surface area contributed by atoms with Gasteiger partial charge in [0, 0.05) is 11.4 Å². The van der Waals surface area contributed by atoms with Crippen LogP contribution < -0.4 is 0 Å². The third-order valence-electron chi connectivity index (χ3n) is 3.53. The number of hydrogen-bond acceptors (Lipinski definition) is 4. The molecule has 1 aliphatic rings. The number of carbonyl (C=O) groups is 1. The van der Waals surface area contributed by atoms with E-state index >= 15 is 0 Å². The van der Waals surface area contributed by atoms with E-state index in [9.17, 15) is 9.90 Å². The number of hydrogen-bond donors (Lipinski definition) is 1. The summed E-state index contributed by atoms with van der Waals surface area (Å²) in [6.45, 7) is 9.30. The van der Waals surface area contributed by atoms with Crippen molar-refractivity contribution in [2.75, 3.05) is 19.8 Å². The first-order valence-electron chi connectivity index (χ1n) is 6.96. The van der Waals surface area contributed by atoms with Gasteiger partial charge in [0.2, 0.25) is 0 Å². The Morgan fingerprint density at radius 2 is 2.20 bits per heavy atom. The van der Waals surface area contributed by atoms with Crippen molar-refractivity contribution in [1.82, 2.24) is 4.90 Å². The van der Waals surface area contributed by atoms with Crippen LogP contribution in [0.2, 0.25) is 0 Å². The molecule has 1 aromatic heterocycles. The van der Waals surface area contributed by atoms with E-state index in [0.29, 0.717) is 13.2 Å². The standard InChI is InChI=1S/C15H23NO3S/c1-10-9-19-11(8-17)7-16(10)14(18)12-5-6-13(20-12)15(2,3)4/h5-6,10-11,17H,7-9H2,1-4H3. The minimum atomic E-state index is -0.266. The second-order valence-electron chi connectivity index (χ2n) is 6.36. The van der Waals surface area contributed by atoms with Gasteiger partial charge >= 0.3 is 0 Å². The Morgan fingerprint density at radius 3 is 2.75 bits per heavy atom. The molecule has 0 saturated carbocycles. The molecule has 0 bridgehead atoms. The summed E-state index contributed by atoms with van der Waals surface area (Å²) < 4.78 is 5.47. The summed E-state index contributed by atoms with van der Waals surface area (Å²) in [7, 11) is 0. The van der Waals surface area contributed by atoms with Crippen LogP contribution in [0.1, 0.15) is 42.2 Å². The monoisotopic (exact) mass is 297 g/mol. The Morgan fingerprint density at radius 1 is 1.50 bits per heavy atom. The summed E-state index contributed by atoms with van der Waals surface area (Å²) in [4.78, 5) is 16.4. The first-order chi connectivity index (χ1) is 9.32. The molecule has 5 heteroatoms. The summed E-state index contributed by atoms with van der Waals surface area (Å²) >= 11 is 1.56. The fraction of sp³-hybridized carbons (Fsp3) is 0.667. The van der Waals surface area contributed by atoms with E-state index in [1.54, 1.807) is 11.3 Å². The van der Waals surface area contributed by atoms with Gasteiger partial charge in [0.15, 0.2) is 0 Å². The molecule has 1 amide bonds. The zero-order chi connectivity index (χ0) is 14.9. The largest absolute Gasteiger partial charge is 0.394 e. The lowest BCUT2D eigenvalue weighted by atomic mass is 9.95. The molecule has 4 nitrogen and oxygen atoms in total. The van der Waals surface area contributed by atoms with Gasteiger partial charge in [0.25, 0.3) is 5.91 Å². The normalized spacial score (nSPS) is 23.9. The molecule has 0 aromatic carbocycles. The number of morpholine rings is 1. The van der Waals surface area contributed by atoms with Gasteiger partial charge in [0.05, 0.1) is 30.2 Å². The average molecular weight is 297 g/mol. The van der Waals surface area contributed by atoms with Crippen molar-refractivity contribution in [3.8, 4) is 0 Å². The molecule has 1 aliphatic heterocycles. The fourth-order valence-corrected chi connectivity index (χ4v) is 3.23. The zero-order valence-corrected chi connectivity index (χ0v) is 13.4. The molecule has 1 saturated heterocycles. The van der Waals surface area contributed by atoms with E-state index in [4.69, 9.17) is 4.74 Å². The fourth-order valence-electron chi connectivity index (χ4n) is 2.21. The van der Waals surface area contributed by atoms with Gasteiger partial charge in [-0.15, -0.1) is 11.3 Å². The van der Waals surface area contributed by atoms with Crippen LogP contribution >= 0.6 is 11.3 Å². The summed E-state index contributed by atoms with van der Waals surface area (Å²) in [6.07, 6.45) is -0.266. The first-order valence-corrected chi connectivity index (χ1v) is 7.78. The summed E-state index contributed by atoms with van der Waals surface area (Å²) in [6, 6.07) is 3.99. The molecule has 1 fully saturated rings. The minimum Gasteiger partial charge on any atom is -0.394 e. The van der Waals surface area contributed by atoms with Gasteiger partial charge in [-0.3, -0.25) is 4.79 Å². The maximum Gasteiger partial charge on any atom is 0.264 e. The number of amides is 1. The third kappa shape index (κ3) is 3.22. The number of aliphatic hydroxyl groups is 1. The van der Waals surface area contributed by atoms with Crippen molar-refractivity contribution in [2.45, 2.75) is 45.3 Å². The number of nitrogens with zero attached hydrogens (tertiary/aromatic N) is 1. The van der Waals surface area contributed by atoms with E-state index < -0.39 is 0 Å². The Balaban J connectivity index is 2.15. The Bertz CT molecular complexity index is 478. The highest BCUT2D eigenvalue weighted by Crippen LogP contribution is 2.30. The average Bonchev–Trinajstić information content (AvgIpc) is 2.88. The zero-order valence-electron chi connectivity index (χ0n) is 12.5. The molecule has 0 aliphatic carbocycles. The van der Waals surface area contributed by atoms with Crippen molar-refractivity contribution in [2.24, 2.45) is 0 Å². The predicted molar refractivity (Wildman–Crippen MR) is 80.3 cm³/mol. The molecule has 0 radical (unpaired) electrons. The molecular weight excluding hydrogens is 274 g/mol. The number of thiophene rings is 1. The van der Waals surface area contributed by atoms with Crippen LogP contribution in [0.5, 0.6) is 0 Å². The van der Waals surface area contributed by atoms with Crippen molar-refractivity contribution < 1.29 is 14.6 Å². The van der Waals surface area contributed by atoms with E-state index in [-0.39, 0.29) is 30.1 Å². The molecule has 2 heterocycles. The SMILES string of the molecule is CC1COC(CO)CN1C(=O)c1ccc(C(C)(C)C)s1. The van der Waals surface area contributed by atoms with Crippen molar-refractivity contribution in [1.29, 1.82) is 0 Å². The quantitative estimate of drug-likeness (QED) is 0.911.